The van der Waals surface area contributed by atoms with E-state index in [-0.39, 0.29) is 0 Å². The van der Waals surface area contributed by atoms with E-state index in [2.05, 4.69) is 158 Å². The monoisotopic (exact) mass is 665 g/mol. The van der Waals surface area contributed by atoms with E-state index in [0.29, 0.717) is 5.82 Å². The highest BCUT2D eigenvalue weighted by molar-refractivity contribution is 7.26. The quantitative estimate of drug-likeness (QED) is 0.176. The SMILES string of the molecule is c1ccc(-c2cc(-c3ccc4ccc5cccc6ccc3c4c56)nc(-c3ccc(-c4nc5ccccc5c5sc6ccccc6c45)cc3)n2)cc1. The molecule has 0 saturated heterocycles. The van der Waals surface area contributed by atoms with Crippen LogP contribution in [0.4, 0.5) is 0 Å². The first-order valence-electron chi connectivity index (χ1n) is 17.2. The van der Waals surface area contributed by atoms with Crippen molar-refractivity contribution in [1.29, 1.82) is 0 Å². The van der Waals surface area contributed by atoms with Crippen LogP contribution < -0.4 is 0 Å². The van der Waals surface area contributed by atoms with Crippen LogP contribution in [0.5, 0.6) is 0 Å². The Kier molecular flexibility index (Phi) is 6.12. The van der Waals surface area contributed by atoms with Gasteiger partial charge in [-0.3, -0.25) is 0 Å². The van der Waals surface area contributed by atoms with E-state index in [1.165, 1.54) is 57.9 Å². The summed E-state index contributed by atoms with van der Waals surface area (Å²) in [4.78, 5) is 15.7. The molecule has 0 aliphatic carbocycles. The molecule has 0 aliphatic heterocycles. The van der Waals surface area contributed by atoms with E-state index in [4.69, 9.17) is 15.0 Å². The van der Waals surface area contributed by atoms with Crippen molar-refractivity contribution >= 4 is 74.7 Å². The normalized spacial score (nSPS) is 11.9. The van der Waals surface area contributed by atoms with Gasteiger partial charge in [0.05, 0.1) is 22.6 Å². The Labute approximate surface area is 297 Å². The molecule has 8 aromatic carbocycles. The summed E-state index contributed by atoms with van der Waals surface area (Å²) in [7, 11) is 0. The molecule has 3 heterocycles. The highest BCUT2D eigenvalue weighted by Crippen LogP contribution is 2.43. The van der Waals surface area contributed by atoms with Crippen LogP contribution in [0.2, 0.25) is 0 Å². The van der Waals surface area contributed by atoms with Gasteiger partial charge in [0.1, 0.15) is 0 Å². The molecule has 0 amide bonds. The van der Waals surface area contributed by atoms with Crippen molar-refractivity contribution in [3.8, 4) is 45.2 Å². The van der Waals surface area contributed by atoms with Gasteiger partial charge in [-0.2, -0.15) is 0 Å². The van der Waals surface area contributed by atoms with Crippen molar-refractivity contribution in [3.63, 3.8) is 0 Å². The molecule has 0 N–H and O–H groups in total. The van der Waals surface area contributed by atoms with Gasteiger partial charge in [-0.25, -0.2) is 15.0 Å². The maximum absolute atomic E-state index is 5.28. The van der Waals surface area contributed by atoms with Crippen molar-refractivity contribution in [2.75, 3.05) is 0 Å². The number of nitrogens with zero attached hydrogens (tertiary/aromatic N) is 3. The summed E-state index contributed by atoms with van der Waals surface area (Å²) >= 11 is 1.84. The Morgan fingerprint density at radius 3 is 1.90 bits per heavy atom. The molecule has 3 aromatic heterocycles. The average Bonchev–Trinajstić information content (AvgIpc) is 3.60. The minimum Gasteiger partial charge on any atom is -0.247 e. The van der Waals surface area contributed by atoms with Crippen molar-refractivity contribution in [2.45, 2.75) is 0 Å². The van der Waals surface area contributed by atoms with E-state index < -0.39 is 0 Å². The third-order valence-corrected chi connectivity index (χ3v) is 11.4. The van der Waals surface area contributed by atoms with Gasteiger partial charge in [0.15, 0.2) is 5.82 Å². The summed E-state index contributed by atoms with van der Waals surface area (Å²) in [5.41, 5.74) is 8.01. The van der Waals surface area contributed by atoms with Crippen LogP contribution >= 0.6 is 11.3 Å². The van der Waals surface area contributed by atoms with Gasteiger partial charge in [0.25, 0.3) is 0 Å². The molecule has 51 heavy (non-hydrogen) atoms. The summed E-state index contributed by atoms with van der Waals surface area (Å²) in [6.07, 6.45) is 0. The van der Waals surface area contributed by atoms with Crippen molar-refractivity contribution in [1.82, 2.24) is 15.0 Å². The smallest absolute Gasteiger partial charge is 0.160 e. The van der Waals surface area contributed by atoms with Gasteiger partial charge < -0.3 is 0 Å². The molecule has 0 unspecified atom stereocenters. The molecule has 0 fully saturated rings. The Hall–Kier alpha value is -6.49. The number of para-hydroxylation sites is 1. The number of fused-ring (bicyclic) bond motifs is 5. The number of benzene rings is 8. The number of aromatic nitrogens is 3. The highest BCUT2D eigenvalue weighted by Gasteiger charge is 2.18. The molecule has 0 radical (unpaired) electrons. The van der Waals surface area contributed by atoms with Gasteiger partial charge >= 0.3 is 0 Å². The summed E-state index contributed by atoms with van der Waals surface area (Å²) in [6, 6.07) is 58.2. The number of pyridine rings is 1. The fourth-order valence-corrected chi connectivity index (χ4v) is 9.06. The number of hydrogen-bond acceptors (Lipinski definition) is 4. The number of hydrogen-bond donors (Lipinski definition) is 0. The maximum Gasteiger partial charge on any atom is 0.160 e. The van der Waals surface area contributed by atoms with Crippen LogP contribution in [-0.4, -0.2) is 15.0 Å². The summed E-state index contributed by atoms with van der Waals surface area (Å²) in [6.45, 7) is 0. The lowest BCUT2D eigenvalue weighted by atomic mass is 9.91. The Balaban J connectivity index is 1.10. The lowest BCUT2D eigenvalue weighted by Gasteiger charge is -2.15. The third kappa shape index (κ3) is 4.40. The molecule has 11 rings (SSSR count). The zero-order valence-electron chi connectivity index (χ0n) is 27.3. The van der Waals surface area contributed by atoms with Crippen molar-refractivity contribution < 1.29 is 0 Å². The Morgan fingerprint density at radius 1 is 0.392 bits per heavy atom. The fraction of sp³-hybridized carbons (Fsp3) is 0. The first-order chi connectivity index (χ1) is 25.3. The average molecular weight is 666 g/mol. The maximum atomic E-state index is 5.28. The first kappa shape index (κ1) is 28.4. The van der Waals surface area contributed by atoms with Gasteiger partial charge in [-0.1, -0.05) is 146 Å². The highest BCUT2D eigenvalue weighted by atomic mass is 32.1. The first-order valence-corrected chi connectivity index (χ1v) is 18.0. The summed E-state index contributed by atoms with van der Waals surface area (Å²) in [5, 5.41) is 11.2. The molecule has 0 aliphatic rings. The topological polar surface area (TPSA) is 38.7 Å². The van der Waals surface area contributed by atoms with E-state index >= 15 is 0 Å². The van der Waals surface area contributed by atoms with E-state index in [9.17, 15) is 0 Å². The van der Waals surface area contributed by atoms with E-state index in [1.54, 1.807) is 0 Å². The molecule has 4 heteroatoms. The second-order valence-electron chi connectivity index (χ2n) is 13.2. The predicted molar refractivity (Wildman–Crippen MR) is 216 cm³/mol. The summed E-state index contributed by atoms with van der Waals surface area (Å²) < 4.78 is 2.55. The lowest BCUT2D eigenvalue weighted by Crippen LogP contribution is -1.97. The van der Waals surface area contributed by atoms with E-state index in [0.717, 1.165) is 44.9 Å². The molecule has 0 saturated carbocycles. The van der Waals surface area contributed by atoms with Crippen LogP contribution in [0.15, 0.2) is 164 Å². The molecule has 0 spiro atoms. The molecule has 236 valence electrons. The van der Waals surface area contributed by atoms with Gasteiger partial charge in [-0.05, 0) is 50.5 Å². The minimum absolute atomic E-state index is 0.696. The molecular formula is C47H27N3S. The molecule has 0 bridgehead atoms. The summed E-state index contributed by atoms with van der Waals surface area (Å²) in [5.74, 6) is 0.696. The van der Waals surface area contributed by atoms with Crippen LogP contribution in [0.1, 0.15) is 0 Å². The largest absolute Gasteiger partial charge is 0.247 e. The molecular weight excluding hydrogens is 639 g/mol. The third-order valence-electron chi connectivity index (χ3n) is 10.2. The van der Waals surface area contributed by atoms with Crippen LogP contribution in [0.25, 0.3) is 109 Å². The van der Waals surface area contributed by atoms with Crippen molar-refractivity contribution in [2.24, 2.45) is 0 Å². The Bertz CT molecular complexity index is 3110. The molecule has 3 nitrogen and oxygen atoms in total. The van der Waals surface area contributed by atoms with Crippen LogP contribution in [-0.2, 0) is 0 Å². The standard InChI is InChI=1S/C47H27N3S/c1-2-9-28(10-3-1)39-27-40(34-25-23-31-18-17-29-11-8-12-30-24-26-35(34)43(31)42(29)30)50-47(49-39)33-21-19-32(20-22-33)45-44-37-14-5-7-16-41(37)51-46(44)36-13-4-6-15-38(36)48-45/h1-27H. The van der Waals surface area contributed by atoms with Gasteiger partial charge in [0.2, 0.25) is 0 Å². The fourth-order valence-electron chi connectivity index (χ4n) is 7.83. The minimum atomic E-state index is 0.696. The second-order valence-corrected chi connectivity index (χ2v) is 14.2. The van der Waals surface area contributed by atoms with Gasteiger partial charge in [0, 0.05) is 47.8 Å². The number of thiophene rings is 1. The molecule has 0 atom stereocenters. The van der Waals surface area contributed by atoms with Crippen LogP contribution in [0.3, 0.4) is 0 Å². The second kappa shape index (κ2) is 11.0. The lowest BCUT2D eigenvalue weighted by molar-refractivity contribution is 1.18. The van der Waals surface area contributed by atoms with Crippen LogP contribution in [0, 0.1) is 0 Å². The predicted octanol–water partition coefficient (Wildman–Crippen LogP) is 13.0. The Morgan fingerprint density at radius 2 is 1.06 bits per heavy atom. The van der Waals surface area contributed by atoms with Gasteiger partial charge in [-0.15, -0.1) is 11.3 Å². The zero-order chi connectivity index (χ0) is 33.5. The molecule has 11 aromatic rings. The number of rotatable bonds is 4. The van der Waals surface area contributed by atoms with E-state index in [1.807, 2.05) is 17.4 Å². The van der Waals surface area contributed by atoms with Crippen molar-refractivity contribution in [3.05, 3.63) is 164 Å². The zero-order valence-corrected chi connectivity index (χ0v) is 28.2.